The number of aliphatic imine (C=N–C) groups is 1. The SMILES string of the molecule is C=N/C(=C\CC)C(C)O. The summed E-state index contributed by atoms with van der Waals surface area (Å²) in [5.41, 5.74) is 0.664. The molecule has 9 heavy (non-hydrogen) atoms. The van der Waals surface area contributed by atoms with Crippen LogP contribution in [0.25, 0.3) is 0 Å². The minimum atomic E-state index is -0.484. The Kier molecular flexibility index (Phi) is 3.97. The fourth-order valence-electron chi connectivity index (χ4n) is 0.576. The van der Waals surface area contributed by atoms with Crippen molar-refractivity contribution in [2.24, 2.45) is 4.99 Å². The number of allylic oxidation sites excluding steroid dienone is 1. The van der Waals surface area contributed by atoms with Gasteiger partial charge in [-0.15, -0.1) is 0 Å². The summed E-state index contributed by atoms with van der Waals surface area (Å²) >= 11 is 0. The number of aliphatic hydroxyl groups excluding tert-OH is 1. The Morgan fingerprint density at radius 1 is 1.89 bits per heavy atom. The molecule has 0 saturated carbocycles. The van der Waals surface area contributed by atoms with E-state index in [0.717, 1.165) is 6.42 Å². The maximum absolute atomic E-state index is 8.94. The summed E-state index contributed by atoms with van der Waals surface area (Å²) in [5.74, 6) is 0. The highest BCUT2D eigenvalue weighted by molar-refractivity contribution is 5.29. The lowest BCUT2D eigenvalue weighted by atomic mass is 10.2. The van der Waals surface area contributed by atoms with Gasteiger partial charge in [-0.2, -0.15) is 0 Å². The molecule has 0 rings (SSSR count). The van der Waals surface area contributed by atoms with Crippen molar-refractivity contribution >= 4 is 6.72 Å². The lowest BCUT2D eigenvalue weighted by Crippen LogP contribution is -2.01. The van der Waals surface area contributed by atoms with Crippen LogP contribution in [0.1, 0.15) is 20.3 Å². The van der Waals surface area contributed by atoms with Crippen molar-refractivity contribution in [2.75, 3.05) is 0 Å². The highest BCUT2D eigenvalue weighted by Crippen LogP contribution is 2.02. The molecule has 0 fully saturated rings. The van der Waals surface area contributed by atoms with Gasteiger partial charge in [-0.25, -0.2) is 0 Å². The standard InChI is InChI=1S/C7H13NO/c1-4-5-7(8-3)6(2)9/h5-6,9H,3-4H2,1-2H3/b7-5-. The zero-order valence-electron chi connectivity index (χ0n) is 5.96. The van der Waals surface area contributed by atoms with E-state index in [9.17, 15) is 0 Å². The number of aliphatic hydroxyl groups is 1. The zero-order valence-corrected chi connectivity index (χ0v) is 5.96. The summed E-state index contributed by atoms with van der Waals surface area (Å²) in [4.78, 5) is 3.64. The van der Waals surface area contributed by atoms with Crippen molar-refractivity contribution in [1.82, 2.24) is 0 Å². The molecule has 0 aromatic carbocycles. The van der Waals surface area contributed by atoms with Crippen molar-refractivity contribution in [3.05, 3.63) is 11.8 Å². The highest BCUT2D eigenvalue weighted by atomic mass is 16.3. The van der Waals surface area contributed by atoms with E-state index in [1.54, 1.807) is 6.92 Å². The minimum Gasteiger partial charge on any atom is -0.387 e. The van der Waals surface area contributed by atoms with Crippen LogP contribution in [0.3, 0.4) is 0 Å². The van der Waals surface area contributed by atoms with Crippen LogP contribution in [-0.2, 0) is 0 Å². The topological polar surface area (TPSA) is 32.6 Å². The molecule has 2 heteroatoms. The third-order valence-corrected chi connectivity index (χ3v) is 1.02. The summed E-state index contributed by atoms with van der Waals surface area (Å²) < 4.78 is 0. The Bertz CT molecular complexity index is 116. The second kappa shape index (κ2) is 4.27. The van der Waals surface area contributed by atoms with E-state index in [1.807, 2.05) is 13.0 Å². The lowest BCUT2D eigenvalue weighted by Gasteiger charge is -2.01. The summed E-state index contributed by atoms with van der Waals surface area (Å²) in [6.07, 6.45) is 2.26. The van der Waals surface area contributed by atoms with Gasteiger partial charge in [0, 0.05) is 0 Å². The first-order valence-corrected chi connectivity index (χ1v) is 3.07. The van der Waals surface area contributed by atoms with Crippen LogP contribution in [-0.4, -0.2) is 17.9 Å². The maximum atomic E-state index is 8.94. The number of nitrogens with zero attached hydrogens (tertiary/aromatic N) is 1. The van der Waals surface area contributed by atoms with Crippen LogP contribution in [0, 0.1) is 0 Å². The van der Waals surface area contributed by atoms with E-state index in [2.05, 4.69) is 11.7 Å². The lowest BCUT2D eigenvalue weighted by molar-refractivity contribution is 0.230. The Balaban J connectivity index is 3.97. The summed E-state index contributed by atoms with van der Waals surface area (Å²) in [6, 6.07) is 0. The second-order valence-corrected chi connectivity index (χ2v) is 1.87. The quantitative estimate of drug-likeness (QED) is 0.570. The predicted octanol–water partition coefficient (Wildman–Crippen LogP) is 1.36. The Morgan fingerprint density at radius 3 is 2.56 bits per heavy atom. The average molecular weight is 127 g/mol. The van der Waals surface area contributed by atoms with Crippen LogP contribution >= 0.6 is 0 Å². The van der Waals surface area contributed by atoms with Crippen LogP contribution < -0.4 is 0 Å². The van der Waals surface area contributed by atoms with E-state index in [4.69, 9.17) is 5.11 Å². The molecule has 52 valence electrons. The normalized spacial score (nSPS) is 15.2. The van der Waals surface area contributed by atoms with Crippen LogP contribution in [0.2, 0.25) is 0 Å². The minimum absolute atomic E-state index is 0.484. The van der Waals surface area contributed by atoms with Crippen LogP contribution in [0.15, 0.2) is 16.8 Å². The number of rotatable bonds is 3. The molecule has 0 saturated heterocycles. The predicted molar refractivity (Wildman–Crippen MR) is 39.6 cm³/mol. The summed E-state index contributed by atoms with van der Waals surface area (Å²) in [6.45, 7) is 6.99. The Hall–Kier alpha value is -0.630. The van der Waals surface area contributed by atoms with Gasteiger partial charge in [0.1, 0.15) is 0 Å². The van der Waals surface area contributed by atoms with Crippen molar-refractivity contribution < 1.29 is 5.11 Å². The highest BCUT2D eigenvalue weighted by Gasteiger charge is 1.98. The average Bonchev–Trinajstić information content (AvgIpc) is 1.82. The molecule has 0 aliphatic rings. The Morgan fingerprint density at radius 2 is 2.44 bits per heavy atom. The fourth-order valence-corrected chi connectivity index (χ4v) is 0.576. The molecule has 0 aromatic heterocycles. The molecule has 0 heterocycles. The smallest absolute Gasteiger partial charge is 0.0928 e. The molecule has 1 N–H and O–H groups in total. The third-order valence-electron chi connectivity index (χ3n) is 1.02. The summed E-state index contributed by atoms with van der Waals surface area (Å²) in [7, 11) is 0. The van der Waals surface area contributed by atoms with E-state index >= 15 is 0 Å². The molecule has 0 amide bonds. The van der Waals surface area contributed by atoms with Crippen LogP contribution in [0.5, 0.6) is 0 Å². The molecule has 0 radical (unpaired) electrons. The first kappa shape index (κ1) is 8.37. The van der Waals surface area contributed by atoms with Gasteiger partial charge in [-0.05, 0) is 20.1 Å². The van der Waals surface area contributed by atoms with Crippen molar-refractivity contribution in [1.29, 1.82) is 0 Å². The summed E-state index contributed by atoms with van der Waals surface area (Å²) in [5, 5.41) is 8.94. The van der Waals surface area contributed by atoms with E-state index in [-0.39, 0.29) is 0 Å². The zero-order chi connectivity index (χ0) is 7.28. The van der Waals surface area contributed by atoms with Gasteiger partial charge in [0.25, 0.3) is 0 Å². The third kappa shape index (κ3) is 3.03. The molecule has 0 bridgehead atoms. The van der Waals surface area contributed by atoms with E-state index in [1.165, 1.54) is 0 Å². The first-order valence-electron chi connectivity index (χ1n) is 3.07. The number of hydrogen-bond acceptors (Lipinski definition) is 2. The van der Waals surface area contributed by atoms with Gasteiger partial charge in [0.2, 0.25) is 0 Å². The monoisotopic (exact) mass is 127 g/mol. The second-order valence-electron chi connectivity index (χ2n) is 1.87. The maximum Gasteiger partial charge on any atom is 0.0928 e. The number of hydrogen-bond donors (Lipinski definition) is 1. The van der Waals surface area contributed by atoms with Gasteiger partial charge >= 0.3 is 0 Å². The molecule has 0 aliphatic carbocycles. The Labute approximate surface area is 55.9 Å². The molecular weight excluding hydrogens is 114 g/mol. The van der Waals surface area contributed by atoms with Crippen LogP contribution in [0.4, 0.5) is 0 Å². The van der Waals surface area contributed by atoms with Gasteiger partial charge in [-0.1, -0.05) is 13.0 Å². The van der Waals surface area contributed by atoms with Gasteiger partial charge in [0.05, 0.1) is 11.8 Å². The largest absolute Gasteiger partial charge is 0.387 e. The molecule has 2 nitrogen and oxygen atoms in total. The van der Waals surface area contributed by atoms with E-state index in [0.29, 0.717) is 5.70 Å². The molecule has 1 unspecified atom stereocenters. The van der Waals surface area contributed by atoms with E-state index < -0.39 is 6.10 Å². The molecule has 1 atom stereocenters. The molecule has 0 spiro atoms. The molecular formula is C7H13NO. The van der Waals surface area contributed by atoms with Crippen molar-refractivity contribution in [2.45, 2.75) is 26.4 Å². The van der Waals surface area contributed by atoms with Gasteiger partial charge < -0.3 is 5.11 Å². The fraction of sp³-hybridized carbons (Fsp3) is 0.571. The first-order chi connectivity index (χ1) is 4.22. The molecule has 0 aliphatic heterocycles. The van der Waals surface area contributed by atoms with Crippen molar-refractivity contribution in [3.8, 4) is 0 Å². The van der Waals surface area contributed by atoms with Gasteiger partial charge in [-0.3, -0.25) is 4.99 Å². The molecule has 0 aromatic rings. The van der Waals surface area contributed by atoms with Gasteiger partial charge in [0.15, 0.2) is 0 Å². The van der Waals surface area contributed by atoms with Crippen molar-refractivity contribution in [3.63, 3.8) is 0 Å².